The molecule has 0 saturated carbocycles. The van der Waals surface area contributed by atoms with Gasteiger partial charge in [-0.1, -0.05) is 35.2 Å². The molecule has 142 valence electrons. The van der Waals surface area contributed by atoms with Gasteiger partial charge in [-0.05, 0) is 31.5 Å². The minimum absolute atomic E-state index is 0.143. The van der Waals surface area contributed by atoms with E-state index in [0.717, 1.165) is 22.1 Å². The van der Waals surface area contributed by atoms with E-state index in [4.69, 9.17) is 4.74 Å². The lowest BCUT2D eigenvalue weighted by molar-refractivity contribution is -0.115. The number of nitrogens with zero attached hydrogens (tertiary/aromatic N) is 5. The smallest absolute Gasteiger partial charge is 0.239 e. The first-order valence-corrected chi connectivity index (χ1v) is 9.94. The van der Waals surface area contributed by atoms with Gasteiger partial charge in [0.05, 0.1) is 12.4 Å². The van der Waals surface area contributed by atoms with Crippen molar-refractivity contribution in [2.24, 2.45) is 7.05 Å². The Morgan fingerprint density at radius 3 is 2.63 bits per heavy atom. The average Bonchev–Trinajstić information content (AvgIpc) is 3.22. The van der Waals surface area contributed by atoms with E-state index in [2.05, 4.69) is 25.7 Å². The fourth-order valence-corrected chi connectivity index (χ4v) is 3.72. The molecule has 0 radical (unpaired) electrons. The standard InChI is InChI=1S/C17H20N6O2S2/c1-10(15(24)18-16-21-19-11(2)27-16)26-17-22-20-14(23(17)3)9-12-5-7-13(25-4)8-6-12/h5-8,10H,9H2,1-4H3,(H,18,21,24)/t10-/m1/s1. The second-order valence-electron chi connectivity index (χ2n) is 5.86. The number of hydrogen-bond donors (Lipinski definition) is 1. The summed E-state index contributed by atoms with van der Waals surface area (Å²) < 4.78 is 7.09. The molecule has 3 aromatic rings. The van der Waals surface area contributed by atoms with Crippen LogP contribution in [0.5, 0.6) is 5.75 Å². The van der Waals surface area contributed by atoms with Crippen molar-refractivity contribution in [2.75, 3.05) is 12.4 Å². The molecule has 1 atom stereocenters. The number of nitrogens with one attached hydrogen (secondary N) is 1. The van der Waals surface area contributed by atoms with Crippen LogP contribution in [0.4, 0.5) is 5.13 Å². The van der Waals surface area contributed by atoms with Crippen molar-refractivity contribution in [3.8, 4) is 5.75 Å². The molecule has 2 heterocycles. The van der Waals surface area contributed by atoms with Crippen molar-refractivity contribution < 1.29 is 9.53 Å². The molecule has 0 fully saturated rings. The number of rotatable bonds is 7. The van der Waals surface area contributed by atoms with Gasteiger partial charge in [-0.25, -0.2) is 0 Å². The number of methoxy groups -OCH3 is 1. The van der Waals surface area contributed by atoms with Crippen LogP contribution in [0.1, 0.15) is 23.3 Å². The highest BCUT2D eigenvalue weighted by molar-refractivity contribution is 8.00. The Labute approximate surface area is 165 Å². The van der Waals surface area contributed by atoms with Crippen LogP contribution in [-0.2, 0) is 18.3 Å². The molecule has 3 rings (SSSR count). The third kappa shape index (κ3) is 4.83. The molecule has 8 nitrogen and oxygen atoms in total. The summed E-state index contributed by atoms with van der Waals surface area (Å²) in [7, 11) is 3.55. The molecular formula is C17H20N6O2S2. The number of hydrogen-bond acceptors (Lipinski definition) is 8. The van der Waals surface area contributed by atoms with Gasteiger partial charge in [-0.15, -0.1) is 20.4 Å². The van der Waals surface area contributed by atoms with Crippen LogP contribution in [0.2, 0.25) is 0 Å². The molecule has 10 heteroatoms. The van der Waals surface area contributed by atoms with Gasteiger partial charge >= 0.3 is 0 Å². The highest BCUT2D eigenvalue weighted by Gasteiger charge is 2.20. The number of anilines is 1. The number of benzene rings is 1. The Morgan fingerprint density at radius 2 is 2.00 bits per heavy atom. The Kier molecular flexibility index (Phi) is 6.07. The molecule has 0 saturated heterocycles. The summed E-state index contributed by atoms with van der Waals surface area (Å²) in [6.07, 6.45) is 0.651. The van der Waals surface area contributed by atoms with Gasteiger partial charge in [0.25, 0.3) is 0 Å². The molecule has 27 heavy (non-hydrogen) atoms. The quantitative estimate of drug-likeness (QED) is 0.605. The Morgan fingerprint density at radius 1 is 1.26 bits per heavy atom. The summed E-state index contributed by atoms with van der Waals surface area (Å²) in [4.78, 5) is 12.3. The second kappa shape index (κ2) is 8.49. The van der Waals surface area contributed by atoms with Crippen molar-refractivity contribution in [3.63, 3.8) is 0 Å². The second-order valence-corrected chi connectivity index (χ2v) is 8.35. The molecule has 0 bridgehead atoms. The first kappa shape index (κ1) is 19.3. The average molecular weight is 405 g/mol. The van der Waals surface area contributed by atoms with E-state index in [1.54, 1.807) is 7.11 Å². The Balaban J connectivity index is 1.62. The Bertz CT molecular complexity index is 922. The molecule has 0 unspecified atom stereocenters. The third-order valence-electron chi connectivity index (χ3n) is 3.85. The molecule has 0 spiro atoms. The largest absolute Gasteiger partial charge is 0.497 e. The molecule has 2 aromatic heterocycles. The fraction of sp³-hybridized carbons (Fsp3) is 0.353. The van der Waals surface area contributed by atoms with Gasteiger partial charge in [0, 0.05) is 13.5 Å². The first-order valence-electron chi connectivity index (χ1n) is 8.25. The topological polar surface area (TPSA) is 94.8 Å². The molecule has 0 aliphatic carbocycles. The van der Waals surface area contributed by atoms with Gasteiger partial charge in [0.1, 0.15) is 16.6 Å². The van der Waals surface area contributed by atoms with E-state index in [1.165, 1.54) is 23.1 Å². The Hall–Kier alpha value is -2.46. The summed E-state index contributed by atoms with van der Waals surface area (Å²) >= 11 is 2.70. The van der Waals surface area contributed by atoms with Crippen LogP contribution < -0.4 is 10.1 Å². The van der Waals surface area contributed by atoms with Gasteiger partial charge in [-0.2, -0.15) is 0 Å². The maximum Gasteiger partial charge on any atom is 0.239 e. The first-order chi connectivity index (χ1) is 13.0. The van der Waals surface area contributed by atoms with E-state index in [9.17, 15) is 4.79 Å². The van der Waals surface area contributed by atoms with Crippen LogP contribution in [0.3, 0.4) is 0 Å². The highest BCUT2D eigenvalue weighted by atomic mass is 32.2. The molecule has 1 N–H and O–H groups in total. The number of aryl methyl sites for hydroxylation is 1. The minimum Gasteiger partial charge on any atom is -0.497 e. The van der Waals surface area contributed by atoms with Crippen molar-refractivity contribution in [2.45, 2.75) is 30.7 Å². The monoisotopic (exact) mass is 404 g/mol. The van der Waals surface area contributed by atoms with E-state index in [0.29, 0.717) is 16.7 Å². The van der Waals surface area contributed by atoms with Crippen molar-refractivity contribution in [1.29, 1.82) is 0 Å². The zero-order chi connectivity index (χ0) is 19.4. The molecule has 1 amide bonds. The predicted molar refractivity (Wildman–Crippen MR) is 105 cm³/mol. The van der Waals surface area contributed by atoms with Gasteiger partial charge in [0.15, 0.2) is 5.16 Å². The number of amides is 1. The van der Waals surface area contributed by atoms with E-state index in [-0.39, 0.29) is 11.2 Å². The maximum atomic E-state index is 12.3. The van der Waals surface area contributed by atoms with Crippen molar-refractivity contribution >= 4 is 34.1 Å². The zero-order valence-corrected chi connectivity index (χ0v) is 17.1. The lowest BCUT2D eigenvalue weighted by atomic mass is 10.1. The summed E-state index contributed by atoms with van der Waals surface area (Å²) in [6.45, 7) is 3.67. The van der Waals surface area contributed by atoms with Crippen LogP contribution in [0.15, 0.2) is 29.4 Å². The molecule has 1 aromatic carbocycles. The number of carbonyl (C=O) groups is 1. The SMILES string of the molecule is COc1ccc(Cc2nnc(S[C@H](C)C(=O)Nc3nnc(C)s3)n2C)cc1. The number of ether oxygens (including phenoxy) is 1. The molecular weight excluding hydrogens is 384 g/mol. The number of carbonyl (C=O) groups excluding carboxylic acids is 1. The van der Waals surface area contributed by atoms with Crippen LogP contribution in [0.25, 0.3) is 0 Å². The normalized spacial score (nSPS) is 12.0. The molecule has 0 aliphatic heterocycles. The summed E-state index contributed by atoms with van der Waals surface area (Å²) in [5.74, 6) is 1.50. The van der Waals surface area contributed by atoms with Crippen molar-refractivity contribution in [1.82, 2.24) is 25.0 Å². The third-order valence-corrected chi connectivity index (χ3v) is 5.74. The summed E-state index contributed by atoms with van der Waals surface area (Å²) in [6, 6.07) is 7.84. The summed E-state index contributed by atoms with van der Waals surface area (Å²) in [5.41, 5.74) is 1.11. The number of thioether (sulfide) groups is 1. The maximum absolute atomic E-state index is 12.3. The van der Waals surface area contributed by atoms with Gasteiger partial charge in [-0.3, -0.25) is 10.1 Å². The van der Waals surface area contributed by atoms with E-state index < -0.39 is 0 Å². The highest BCUT2D eigenvalue weighted by Crippen LogP contribution is 2.24. The molecule has 0 aliphatic rings. The fourth-order valence-electron chi connectivity index (χ4n) is 2.29. The lowest BCUT2D eigenvalue weighted by Gasteiger charge is -2.10. The van der Waals surface area contributed by atoms with Crippen LogP contribution >= 0.6 is 23.1 Å². The summed E-state index contributed by atoms with van der Waals surface area (Å²) in [5, 5.41) is 20.7. The van der Waals surface area contributed by atoms with E-state index in [1.807, 2.05) is 49.7 Å². The predicted octanol–water partition coefficient (Wildman–Crippen LogP) is 2.69. The van der Waals surface area contributed by atoms with Crippen molar-refractivity contribution in [3.05, 3.63) is 40.7 Å². The lowest BCUT2D eigenvalue weighted by Crippen LogP contribution is -2.22. The van der Waals surface area contributed by atoms with Crippen LogP contribution in [0, 0.1) is 6.92 Å². The number of aromatic nitrogens is 5. The van der Waals surface area contributed by atoms with E-state index >= 15 is 0 Å². The minimum atomic E-state index is -0.342. The van der Waals surface area contributed by atoms with Gasteiger partial charge in [0.2, 0.25) is 11.0 Å². The van der Waals surface area contributed by atoms with Gasteiger partial charge < -0.3 is 9.30 Å². The van der Waals surface area contributed by atoms with Crippen LogP contribution in [-0.4, -0.2) is 43.2 Å². The zero-order valence-electron chi connectivity index (χ0n) is 15.5.